The second-order valence-corrected chi connectivity index (χ2v) is 4.37. The molecule has 0 aliphatic heterocycles. The molecule has 2 atom stereocenters. The van der Waals surface area contributed by atoms with E-state index in [1.165, 1.54) is 0 Å². The van der Waals surface area contributed by atoms with E-state index in [9.17, 15) is 0 Å². The van der Waals surface area contributed by atoms with Crippen molar-refractivity contribution in [2.75, 3.05) is 14.2 Å². The average molecular weight is 238 g/mol. The summed E-state index contributed by atoms with van der Waals surface area (Å²) < 4.78 is 10.7. The number of hydrogen-bond acceptors (Lipinski definition) is 4. The zero-order valence-electron chi connectivity index (χ0n) is 10.9. The molecule has 0 aromatic heterocycles. The highest BCUT2D eigenvalue weighted by Crippen LogP contribution is 2.26. The van der Waals surface area contributed by atoms with Crippen LogP contribution >= 0.6 is 0 Å². The van der Waals surface area contributed by atoms with Gasteiger partial charge in [0.05, 0.1) is 19.3 Å². The maximum Gasteiger partial charge on any atom is 0.119 e. The van der Waals surface area contributed by atoms with Gasteiger partial charge in [-0.05, 0) is 23.6 Å². The van der Waals surface area contributed by atoms with Crippen LogP contribution in [0.3, 0.4) is 0 Å². The van der Waals surface area contributed by atoms with Gasteiger partial charge in [-0.25, -0.2) is 0 Å². The molecule has 1 aromatic carbocycles. The quantitative estimate of drug-likeness (QED) is 0.587. The minimum atomic E-state index is -0.0462. The van der Waals surface area contributed by atoms with E-state index in [4.69, 9.17) is 15.3 Å². The van der Waals surface area contributed by atoms with Gasteiger partial charge in [0.1, 0.15) is 5.75 Å². The molecule has 0 fully saturated rings. The van der Waals surface area contributed by atoms with Gasteiger partial charge in [-0.3, -0.25) is 11.3 Å². The Morgan fingerprint density at radius 3 is 2.41 bits per heavy atom. The van der Waals surface area contributed by atoms with E-state index in [-0.39, 0.29) is 12.1 Å². The van der Waals surface area contributed by atoms with E-state index in [1.54, 1.807) is 14.2 Å². The molecular formula is C13H22N2O2. The number of hydrogen-bond donors (Lipinski definition) is 2. The summed E-state index contributed by atoms with van der Waals surface area (Å²) in [7, 11) is 3.36. The maximum absolute atomic E-state index is 5.64. The van der Waals surface area contributed by atoms with Crippen molar-refractivity contribution in [2.24, 2.45) is 11.8 Å². The molecule has 4 heteroatoms. The molecule has 0 aliphatic carbocycles. The van der Waals surface area contributed by atoms with Crippen molar-refractivity contribution in [2.45, 2.75) is 26.0 Å². The number of benzene rings is 1. The molecule has 0 heterocycles. The first-order chi connectivity index (χ1) is 8.13. The Kier molecular flexibility index (Phi) is 5.41. The van der Waals surface area contributed by atoms with Crippen molar-refractivity contribution in [3.05, 3.63) is 29.8 Å². The molecule has 2 unspecified atom stereocenters. The van der Waals surface area contributed by atoms with Crippen LogP contribution in [0.25, 0.3) is 0 Å². The maximum atomic E-state index is 5.64. The third kappa shape index (κ3) is 3.43. The van der Waals surface area contributed by atoms with Crippen molar-refractivity contribution in [3.63, 3.8) is 0 Å². The van der Waals surface area contributed by atoms with Gasteiger partial charge in [-0.1, -0.05) is 26.0 Å². The Morgan fingerprint density at radius 1 is 1.24 bits per heavy atom. The van der Waals surface area contributed by atoms with Crippen molar-refractivity contribution in [1.82, 2.24) is 5.43 Å². The van der Waals surface area contributed by atoms with Gasteiger partial charge in [-0.2, -0.15) is 0 Å². The topological polar surface area (TPSA) is 56.5 Å². The second kappa shape index (κ2) is 6.59. The minimum Gasteiger partial charge on any atom is -0.497 e. The summed E-state index contributed by atoms with van der Waals surface area (Å²) in [5.74, 6) is 6.83. The lowest BCUT2D eigenvalue weighted by Crippen LogP contribution is -2.40. The summed E-state index contributed by atoms with van der Waals surface area (Å²) in [4.78, 5) is 0. The number of rotatable bonds is 6. The van der Waals surface area contributed by atoms with Crippen molar-refractivity contribution >= 4 is 0 Å². The van der Waals surface area contributed by atoms with Gasteiger partial charge in [0.25, 0.3) is 0 Å². The third-order valence-electron chi connectivity index (χ3n) is 2.89. The van der Waals surface area contributed by atoms with Crippen LogP contribution < -0.4 is 16.0 Å². The molecule has 1 aromatic rings. The smallest absolute Gasteiger partial charge is 0.119 e. The predicted molar refractivity (Wildman–Crippen MR) is 68.7 cm³/mol. The monoisotopic (exact) mass is 238 g/mol. The van der Waals surface area contributed by atoms with Crippen molar-refractivity contribution in [3.8, 4) is 5.75 Å². The lowest BCUT2D eigenvalue weighted by Gasteiger charge is -2.29. The molecule has 0 amide bonds. The van der Waals surface area contributed by atoms with Crippen molar-refractivity contribution < 1.29 is 9.47 Å². The van der Waals surface area contributed by atoms with Gasteiger partial charge in [-0.15, -0.1) is 0 Å². The predicted octanol–water partition coefficient (Wildman–Crippen LogP) is 1.87. The molecule has 1 rings (SSSR count). The van der Waals surface area contributed by atoms with Gasteiger partial charge >= 0.3 is 0 Å². The standard InChI is InChI=1S/C13H22N2O2/c1-9(2)13(17-4)12(15-14)10-6-5-7-11(8-10)16-3/h5-9,12-13,15H,14H2,1-4H3. The van der Waals surface area contributed by atoms with E-state index < -0.39 is 0 Å². The highest BCUT2D eigenvalue weighted by Gasteiger charge is 2.25. The third-order valence-corrected chi connectivity index (χ3v) is 2.89. The van der Waals surface area contributed by atoms with Crippen LogP contribution in [0.15, 0.2) is 24.3 Å². The van der Waals surface area contributed by atoms with Gasteiger partial charge in [0.2, 0.25) is 0 Å². The van der Waals surface area contributed by atoms with E-state index >= 15 is 0 Å². The highest BCUT2D eigenvalue weighted by molar-refractivity contribution is 5.31. The molecule has 0 radical (unpaired) electrons. The highest BCUT2D eigenvalue weighted by atomic mass is 16.5. The van der Waals surface area contributed by atoms with E-state index in [0.717, 1.165) is 11.3 Å². The zero-order valence-corrected chi connectivity index (χ0v) is 10.9. The van der Waals surface area contributed by atoms with Crippen LogP contribution in [0.5, 0.6) is 5.75 Å². The Labute approximate surface area is 103 Å². The molecular weight excluding hydrogens is 216 g/mol. The molecule has 0 saturated heterocycles. The molecule has 0 bridgehead atoms. The number of nitrogens with two attached hydrogens (primary N) is 1. The van der Waals surface area contributed by atoms with Crippen molar-refractivity contribution in [1.29, 1.82) is 0 Å². The van der Waals surface area contributed by atoms with Crippen LogP contribution in [0.4, 0.5) is 0 Å². The number of methoxy groups -OCH3 is 2. The van der Waals surface area contributed by atoms with Gasteiger partial charge in [0.15, 0.2) is 0 Å². The fourth-order valence-corrected chi connectivity index (χ4v) is 2.01. The van der Waals surface area contributed by atoms with E-state index in [1.807, 2.05) is 24.3 Å². The molecule has 96 valence electrons. The zero-order chi connectivity index (χ0) is 12.8. The summed E-state index contributed by atoms with van der Waals surface area (Å²) in [5, 5.41) is 0. The lowest BCUT2D eigenvalue weighted by atomic mass is 9.94. The second-order valence-electron chi connectivity index (χ2n) is 4.37. The fourth-order valence-electron chi connectivity index (χ4n) is 2.01. The minimum absolute atomic E-state index is 0.0205. The number of nitrogens with one attached hydrogen (secondary N) is 1. The summed E-state index contributed by atoms with van der Waals surface area (Å²) in [5.41, 5.74) is 3.88. The van der Waals surface area contributed by atoms with E-state index in [2.05, 4.69) is 19.3 Å². The molecule has 4 nitrogen and oxygen atoms in total. The largest absolute Gasteiger partial charge is 0.497 e. The SMILES string of the molecule is COc1cccc(C(NN)C(OC)C(C)C)c1. The summed E-state index contributed by atoms with van der Waals surface area (Å²) in [6.07, 6.45) is 0.0205. The Hall–Kier alpha value is -1.10. The van der Waals surface area contributed by atoms with Crippen LogP contribution in [-0.2, 0) is 4.74 Å². The number of ether oxygens (including phenoxy) is 2. The summed E-state index contributed by atoms with van der Waals surface area (Å²) in [6.45, 7) is 4.22. The van der Waals surface area contributed by atoms with Gasteiger partial charge in [0, 0.05) is 7.11 Å². The van der Waals surface area contributed by atoms with Crippen LogP contribution in [-0.4, -0.2) is 20.3 Å². The molecule has 17 heavy (non-hydrogen) atoms. The molecule has 0 saturated carbocycles. The molecule has 3 N–H and O–H groups in total. The first-order valence-corrected chi connectivity index (χ1v) is 5.77. The Bertz CT molecular complexity index is 342. The van der Waals surface area contributed by atoms with Gasteiger partial charge < -0.3 is 9.47 Å². The fraction of sp³-hybridized carbons (Fsp3) is 0.538. The Balaban J connectivity index is 2.99. The first-order valence-electron chi connectivity index (χ1n) is 5.77. The Morgan fingerprint density at radius 2 is 1.94 bits per heavy atom. The number of hydrazine groups is 1. The summed E-state index contributed by atoms with van der Waals surface area (Å²) in [6, 6.07) is 7.80. The summed E-state index contributed by atoms with van der Waals surface area (Å²) >= 11 is 0. The molecule has 0 aliphatic rings. The molecule has 0 spiro atoms. The van der Waals surface area contributed by atoms with Crippen LogP contribution in [0.1, 0.15) is 25.5 Å². The van der Waals surface area contributed by atoms with Crippen LogP contribution in [0.2, 0.25) is 0 Å². The normalized spacial score (nSPS) is 14.7. The average Bonchev–Trinajstić information content (AvgIpc) is 2.35. The van der Waals surface area contributed by atoms with E-state index in [0.29, 0.717) is 5.92 Å². The lowest BCUT2D eigenvalue weighted by molar-refractivity contribution is 0.0326. The van der Waals surface area contributed by atoms with Crippen LogP contribution in [0, 0.1) is 5.92 Å². The first kappa shape index (κ1) is 14.0.